The van der Waals surface area contributed by atoms with Gasteiger partial charge in [0.1, 0.15) is 23.9 Å². The van der Waals surface area contributed by atoms with Crippen LogP contribution in [0.1, 0.15) is 33.3 Å². The summed E-state index contributed by atoms with van der Waals surface area (Å²) in [7, 11) is 0. The van der Waals surface area contributed by atoms with Crippen molar-refractivity contribution >= 4 is 18.1 Å². The first-order valence-corrected chi connectivity index (χ1v) is 8.50. The van der Waals surface area contributed by atoms with E-state index in [4.69, 9.17) is 15.3 Å². The number of ether oxygens (including phenoxy) is 2. The van der Waals surface area contributed by atoms with Crippen LogP contribution in [0.25, 0.3) is 0 Å². The highest BCUT2D eigenvalue weighted by molar-refractivity contribution is 5.86. The number of amides is 3. The quantitative estimate of drug-likeness (QED) is 0.478. The van der Waals surface area contributed by atoms with Gasteiger partial charge in [-0.3, -0.25) is 9.63 Å². The van der Waals surface area contributed by atoms with Crippen molar-refractivity contribution in [3.05, 3.63) is 35.9 Å². The summed E-state index contributed by atoms with van der Waals surface area (Å²) in [5.74, 6) is -0.875. The third-order valence-electron chi connectivity index (χ3n) is 3.31. The highest BCUT2D eigenvalue weighted by atomic mass is 16.7. The molecule has 0 fully saturated rings. The average Bonchev–Trinajstić information content (AvgIpc) is 2.57. The van der Waals surface area contributed by atoms with Crippen LogP contribution in [0.5, 0.6) is 0 Å². The minimum atomic E-state index is -1.99. The fraction of sp³-hybridized carbons (Fsp3) is 0.500. The molecule has 10 heteroatoms. The number of hydroxylamine groups is 1. The molecule has 0 aromatic heterocycles. The van der Waals surface area contributed by atoms with E-state index in [1.54, 1.807) is 45.0 Å². The van der Waals surface area contributed by atoms with Gasteiger partial charge in [0.25, 0.3) is 5.91 Å². The number of aliphatic hydroxyl groups is 1. The lowest BCUT2D eigenvalue weighted by atomic mass is 9.97. The predicted molar refractivity (Wildman–Crippen MR) is 98.7 cm³/mol. The van der Waals surface area contributed by atoms with Gasteiger partial charge < -0.3 is 25.6 Å². The Balaban J connectivity index is 2.80. The Kier molecular flexibility index (Phi) is 8.20. The van der Waals surface area contributed by atoms with E-state index in [0.29, 0.717) is 0 Å². The standard InChI is InChI=1S/C18H27N3O7/c1-17(2,3)28-16(24)20-13(18(4,25)11-26-15(19)23)14(22)21-27-10-12-8-6-5-7-9-12/h5-9,13,25H,10-11H2,1-4H3,(H2,19,23)(H,20,24)(H,21,22)/t13-,18+/m1/s1. The maximum absolute atomic E-state index is 12.5. The smallest absolute Gasteiger partial charge is 0.408 e. The molecule has 28 heavy (non-hydrogen) atoms. The molecule has 1 rings (SSSR count). The number of benzene rings is 1. The lowest BCUT2D eigenvalue weighted by molar-refractivity contribution is -0.145. The average molecular weight is 397 g/mol. The maximum Gasteiger partial charge on any atom is 0.408 e. The second-order valence-corrected chi connectivity index (χ2v) is 7.28. The van der Waals surface area contributed by atoms with Crippen molar-refractivity contribution in [1.29, 1.82) is 0 Å². The molecular formula is C18H27N3O7. The third kappa shape index (κ3) is 8.69. The van der Waals surface area contributed by atoms with Crippen molar-refractivity contribution in [2.75, 3.05) is 6.61 Å². The molecule has 1 aromatic carbocycles. The van der Waals surface area contributed by atoms with Crippen LogP contribution in [-0.2, 0) is 25.7 Å². The normalized spacial score (nSPS) is 14.3. The second-order valence-electron chi connectivity index (χ2n) is 7.28. The molecule has 156 valence electrons. The van der Waals surface area contributed by atoms with Crippen LogP contribution >= 0.6 is 0 Å². The number of alkyl carbamates (subject to hydrolysis) is 1. The van der Waals surface area contributed by atoms with Gasteiger partial charge in [0.15, 0.2) is 0 Å². The molecule has 0 unspecified atom stereocenters. The van der Waals surface area contributed by atoms with Crippen molar-refractivity contribution in [1.82, 2.24) is 10.8 Å². The van der Waals surface area contributed by atoms with E-state index in [1.807, 2.05) is 6.07 Å². The Morgan fingerprint density at radius 2 is 1.75 bits per heavy atom. The van der Waals surface area contributed by atoms with Gasteiger partial charge in [-0.2, -0.15) is 0 Å². The number of nitrogens with one attached hydrogen (secondary N) is 2. The van der Waals surface area contributed by atoms with E-state index in [-0.39, 0.29) is 6.61 Å². The van der Waals surface area contributed by atoms with Gasteiger partial charge in [0.05, 0.1) is 6.61 Å². The van der Waals surface area contributed by atoms with Crippen LogP contribution < -0.4 is 16.5 Å². The summed E-state index contributed by atoms with van der Waals surface area (Å²) in [5, 5.41) is 12.8. The number of carbonyl (C=O) groups is 3. The summed E-state index contributed by atoms with van der Waals surface area (Å²) < 4.78 is 9.67. The van der Waals surface area contributed by atoms with Gasteiger partial charge in [0.2, 0.25) is 0 Å². The largest absolute Gasteiger partial charge is 0.447 e. The number of nitrogens with two attached hydrogens (primary N) is 1. The molecule has 0 aliphatic carbocycles. The van der Waals surface area contributed by atoms with Gasteiger partial charge in [0, 0.05) is 0 Å². The molecular weight excluding hydrogens is 370 g/mol. The van der Waals surface area contributed by atoms with Crippen molar-refractivity contribution < 1.29 is 33.8 Å². The lowest BCUT2D eigenvalue weighted by Crippen LogP contribution is -2.61. The van der Waals surface area contributed by atoms with Crippen molar-refractivity contribution in [2.45, 2.75) is 51.5 Å². The van der Waals surface area contributed by atoms with Crippen LogP contribution in [0.3, 0.4) is 0 Å². The van der Waals surface area contributed by atoms with E-state index in [0.717, 1.165) is 5.56 Å². The fourth-order valence-electron chi connectivity index (χ4n) is 2.05. The summed E-state index contributed by atoms with van der Waals surface area (Å²) in [6.45, 7) is 5.52. The lowest BCUT2D eigenvalue weighted by Gasteiger charge is -2.32. The first-order valence-electron chi connectivity index (χ1n) is 8.50. The van der Waals surface area contributed by atoms with Gasteiger partial charge in [-0.1, -0.05) is 30.3 Å². The zero-order valence-electron chi connectivity index (χ0n) is 16.4. The molecule has 2 atom stereocenters. The fourth-order valence-corrected chi connectivity index (χ4v) is 2.05. The summed E-state index contributed by atoms with van der Waals surface area (Å²) >= 11 is 0. The number of hydrogen-bond donors (Lipinski definition) is 4. The Hall–Kier alpha value is -2.85. The highest BCUT2D eigenvalue weighted by Gasteiger charge is 2.41. The zero-order chi connectivity index (χ0) is 21.4. The Labute approximate surface area is 163 Å². The monoisotopic (exact) mass is 397 g/mol. The molecule has 5 N–H and O–H groups in total. The zero-order valence-corrected chi connectivity index (χ0v) is 16.4. The third-order valence-corrected chi connectivity index (χ3v) is 3.31. The van der Waals surface area contributed by atoms with E-state index in [9.17, 15) is 19.5 Å². The molecule has 0 saturated carbocycles. The molecule has 0 spiro atoms. The van der Waals surface area contributed by atoms with E-state index >= 15 is 0 Å². The Bertz CT molecular complexity index is 672. The van der Waals surface area contributed by atoms with Crippen LogP contribution in [0.15, 0.2) is 30.3 Å². The highest BCUT2D eigenvalue weighted by Crippen LogP contribution is 2.14. The summed E-state index contributed by atoms with van der Waals surface area (Å²) in [5.41, 5.74) is 5.02. The van der Waals surface area contributed by atoms with E-state index in [1.165, 1.54) is 6.92 Å². The SMILES string of the molecule is CC(C)(C)OC(=O)N[C@H](C(=O)NOCc1ccccc1)[C@@](C)(O)COC(N)=O. The molecule has 0 aliphatic heterocycles. The molecule has 3 amide bonds. The first-order chi connectivity index (χ1) is 12.9. The van der Waals surface area contributed by atoms with Gasteiger partial charge in [-0.15, -0.1) is 0 Å². The molecule has 0 radical (unpaired) electrons. The topological polar surface area (TPSA) is 149 Å². The second kappa shape index (κ2) is 9.90. The minimum absolute atomic E-state index is 0.0612. The maximum atomic E-state index is 12.5. The van der Waals surface area contributed by atoms with Gasteiger partial charge in [-0.05, 0) is 33.3 Å². The minimum Gasteiger partial charge on any atom is -0.447 e. The van der Waals surface area contributed by atoms with E-state index in [2.05, 4.69) is 15.5 Å². The number of hydrogen-bond acceptors (Lipinski definition) is 7. The molecule has 1 aromatic rings. The number of rotatable bonds is 8. The van der Waals surface area contributed by atoms with E-state index < -0.39 is 41.9 Å². The van der Waals surface area contributed by atoms with Crippen molar-refractivity contribution in [3.8, 4) is 0 Å². The Morgan fingerprint density at radius 3 is 2.29 bits per heavy atom. The molecule has 0 heterocycles. The van der Waals surface area contributed by atoms with Gasteiger partial charge in [-0.25, -0.2) is 15.1 Å². The summed E-state index contributed by atoms with van der Waals surface area (Å²) in [6, 6.07) is 7.47. The van der Waals surface area contributed by atoms with Crippen molar-refractivity contribution in [3.63, 3.8) is 0 Å². The number of primary amides is 1. The molecule has 0 saturated heterocycles. The molecule has 10 nitrogen and oxygen atoms in total. The molecule has 0 bridgehead atoms. The first kappa shape index (κ1) is 23.2. The van der Waals surface area contributed by atoms with Crippen LogP contribution in [-0.4, -0.2) is 47.1 Å². The summed E-state index contributed by atoms with van der Waals surface area (Å²) in [6.07, 6.45) is -2.09. The van der Waals surface area contributed by atoms with Crippen molar-refractivity contribution in [2.24, 2.45) is 5.73 Å². The molecule has 0 aliphatic rings. The van der Waals surface area contributed by atoms with Gasteiger partial charge >= 0.3 is 12.2 Å². The van der Waals surface area contributed by atoms with Crippen LogP contribution in [0, 0.1) is 0 Å². The predicted octanol–water partition coefficient (Wildman–Crippen LogP) is 0.974. The number of carbonyl (C=O) groups excluding carboxylic acids is 3. The Morgan fingerprint density at radius 1 is 1.14 bits per heavy atom. The van der Waals surface area contributed by atoms with Crippen LogP contribution in [0.4, 0.5) is 9.59 Å². The van der Waals surface area contributed by atoms with Crippen LogP contribution in [0.2, 0.25) is 0 Å². The summed E-state index contributed by atoms with van der Waals surface area (Å²) in [4.78, 5) is 40.5.